The van der Waals surface area contributed by atoms with Crippen LogP contribution in [0.1, 0.15) is 24.2 Å². The van der Waals surface area contributed by atoms with Gasteiger partial charge in [-0.1, -0.05) is 30.1 Å². The van der Waals surface area contributed by atoms with Crippen LogP contribution in [0.2, 0.25) is 10.3 Å². The van der Waals surface area contributed by atoms with E-state index >= 15 is 0 Å². The van der Waals surface area contributed by atoms with E-state index in [2.05, 4.69) is 9.97 Å². The molecule has 0 saturated carbocycles. The largest absolute Gasteiger partial charge is 0.384 e. The van der Waals surface area contributed by atoms with E-state index in [9.17, 15) is 0 Å². The molecule has 0 aliphatic carbocycles. The highest BCUT2D eigenvalue weighted by Gasteiger charge is 2.13. The molecule has 1 aromatic rings. The minimum Gasteiger partial charge on any atom is -0.384 e. The molecule has 14 heavy (non-hydrogen) atoms. The first-order valence-corrected chi connectivity index (χ1v) is 5.00. The molecule has 78 valence electrons. The van der Waals surface area contributed by atoms with Crippen molar-refractivity contribution in [3.05, 3.63) is 21.7 Å². The van der Waals surface area contributed by atoms with E-state index in [1.807, 2.05) is 6.92 Å². The van der Waals surface area contributed by atoms with E-state index in [4.69, 9.17) is 27.9 Å². The predicted molar refractivity (Wildman–Crippen MR) is 57.1 cm³/mol. The fourth-order valence-corrected chi connectivity index (χ4v) is 1.42. The van der Waals surface area contributed by atoms with Gasteiger partial charge in [-0.15, -0.1) is 0 Å². The Balaban J connectivity index is 3.00. The van der Waals surface area contributed by atoms with Crippen LogP contribution in [0.5, 0.6) is 0 Å². The van der Waals surface area contributed by atoms with Crippen molar-refractivity contribution >= 4 is 23.2 Å². The maximum Gasteiger partial charge on any atom is 0.137 e. The normalized spacial score (nSPS) is 12.9. The van der Waals surface area contributed by atoms with Crippen molar-refractivity contribution in [2.75, 3.05) is 13.7 Å². The number of halogens is 2. The van der Waals surface area contributed by atoms with E-state index in [-0.39, 0.29) is 5.92 Å². The molecule has 0 saturated heterocycles. The third-order valence-electron chi connectivity index (χ3n) is 1.90. The standard InChI is InChI=1S/C9H12Cl2N2O/c1-5(4-14-3)9-12-7(10)6(2)8(11)13-9/h5H,4H2,1-3H3. The molecule has 1 unspecified atom stereocenters. The van der Waals surface area contributed by atoms with Gasteiger partial charge in [0, 0.05) is 18.6 Å². The highest BCUT2D eigenvalue weighted by Crippen LogP contribution is 2.22. The van der Waals surface area contributed by atoms with E-state index in [0.717, 1.165) is 0 Å². The van der Waals surface area contributed by atoms with Crippen molar-refractivity contribution in [3.8, 4) is 0 Å². The zero-order valence-corrected chi connectivity index (χ0v) is 9.85. The number of methoxy groups -OCH3 is 1. The molecule has 0 fully saturated rings. The summed E-state index contributed by atoms with van der Waals surface area (Å²) in [4.78, 5) is 8.28. The van der Waals surface area contributed by atoms with E-state index < -0.39 is 0 Å². The van der Waals surface area contributed by atoms with Crippen LogP contribution in [0.15, 0.2) is 0 Å². The van der Waals surface area contributed by atoms with Crippen LogP contribution in [-0.2, 0) is 4.74 Å². The maximum absolute atomic E-state index is 5.89. The van der Waals surface area contributed by atoms with Crippen molar-refractivity contribution in [2.24, 2.45) is 0 Å². The number of hydrogen-bond donors (Lipinski definition) is 0. The van der Waals surface area contributed by atoms with Gasteiger partial charge >= 0.3 is 0 Å². The third-order valence-corrected chi connectivity index (χ3v) is 2.64. The first-order chi connectivity index (χ1) is 6.56. The van der Waals surface area contributed by atoms with Crippen molar-refractivity contribution in [2.45, 2.75) is 19.8 Å². The van der Waals surface area contributed by atoms with Gasteiger partial charge in [0.15, 0.2) is 0 Å². The summed E-state index contributed by atoms with van der Waals surface area (Å²) in [6, 6.07) is 0. The summed E-state index contributed by atoms with van der Waals surface area (Å²) < 4.78 is 5.00. The van der Waals surface area contributed by atoms with Crippen LogP contribution in [-0.4, -0.2) is 23.7 Å². The number of rotatable bonds is 3. The average Bonchev–Trinajstić information content (AvgIpc) is 2.13. The lowest BCUT2D eigenvalue weighted by Gasteiger charge is -2.10. The van der Waals surface area contributed by atoms with Crippen molar-refractivity contribution in [1.82, 2.24) is 9.97 Å². The highest BCUT2D eigenvalue weighted by atomic mass is 35.5. The Kier molecular flexibility index (Phi) is 4.11. The molecule has 0 bridgehead atoms. The van der Waals surface area contributed by atoms with Gasteiger partial charge in [0.25, 0.3) is 0 Å². The van der Waals surface area contributed by atoms with Gasteiger partial charge in [-0.3, -0.25) is 0 Å². The Labute approximate surface area is 93.4 Å². The van der Waals surface area contributed by atoms with Crippen LogP contribution < -0.4 is 0 Å². The molecule has 1 heterocycles. The zero-order valence-electron chi connectivity index (χ0n) is 8.34. The zero-order chi connectivity index (χ0) is 10.7. The van der Waals surface area contributed by atoms with Gasteiger partial charge in [0.05, 0.1) is 6.61 Å². The van der Waals surface area contributed by atoms with Crippen LogP contribution >= 0.6 is 23.2 Å². The van der Waals surface area contributed by atoms with Gasteiger partial charge in [-0.2, -0.15) is 0 Å². The van der Waals surface area contributed by atoms with Gasteiger partial charge in [0.2, 0.25) is 0 Å². The van der Waals surface area contributed by atoms with Crippen LogP contribution in [0.4, 0.5) is 0 Å². The SMILES string of the molecule is COCC(C)c1nc(Cl)c(C)c(Cl)n1. The minimum atomic E-state index is 0.0931. The van der Waals surface area contributed by atoms with E-state index in [1.165, 1.54) is 0 Å². The maximum atomic E-state index is 5.89. The smallest absolute Gasteiger partial charge is 0.137 e. The Hall–Kier alpha value is -0.380. The Morgan fingerprint density at radius 2 is 1.79 bits per heavy atom. The first-order valence-electron chi connectivity index (χ1n) is 4.24. The molecule has 1 aromatic heterocycles. The molecule has 0 amide bonds. The minimum absolute atomic E-state index is 0.0931. The lowest BCUT2D eigenvalue weighted by Crippen LogP contribution is -2.08. The van der Waals surface area contributed by atoms with E-state index in [0.29, 0.717) is 28.3 Å². The molecule has 1 atom stereocenters. The molecular weight excluding hydrogens is 223 g/mol. The molecule has 3 nitrogen and oxygen atoms in total. The second kappa shape index (κ2) is 4.91. The fraction of sp³-hybridized carbons (Fsp3) is 0.556. The first kappa shape index (κ1) is 11.7. The molecular formula is C9H12Cl2N2O. The third kappa shape index (κ3) is 2.56. The Bertz CT molecular complexity index is 308. The molecule has 0 N–H and O–H groups in total. The van der Waals surface area contributed by atoms with Crippen LogP contribution in [0.3, 0.4) is 0 Å². The predicted octanol–water partition coefficient (Wildman–Crippen LogP) is 2.84. The van der Waals surface area contributed by atoms with Gasteiger partial charge in [-0.25, -0.2) is 9.97 Å². The van der Waals surface area contributed by atoms with Crippen LogP contribution in [0, 0.1) is 6.92 Å². The summed E-state index contributed by atoms with van der Waals surface area (Å²) in [6.45, 7) is 4.30. The molecule has 0 radical (unpaired) electrons. The molecule has 0 aliphatic rings. The van der Waals surface area contributed by atoms with Crippen molar-refractivity contribution < 1.29 is 4.74 Å². The van der Waals surface area contributed by atoms with Crippen LogP contribution in [0.25, 0.3) is 0 Å². The van der Waals surface area contributed by atoms with Gasteiger partial charge in [-0.05, 0) is 6.92 Å². The summed E-state index contributed by atoms with van der Waals surface area (Å²) >= 11 is 11.8. The second-order valence-electron chi connectivity index (χ2n) is 3.14. The highest BCUT2D eigenvalue weighted by molar-refractivity contribution is 6.34. The summed E-state index contributed by atoms with van der Waals surface area (Å²) in [5, 5.41) is 0.811. The molecule has 0 aliphatic heterocycles. The van der Waals surface area contributed by atoms with Gasteiger partial charge < -0.3 is 4.74 Å². The fourth-order valence-electron chi connectivity index (χ4n) is 1.02. The second-order valence-corrected chi connectivity index (χ2v) is 3.86. The van der Waals surface area contributed by atoms with E-state index in [1.54, 1.807) is 14.0 Å². The Morgan fingerprint density at radius 3 is 2.21 bits per heavy atom. The summed E-state index contributed by atoms with van der Waals surface area (Å²) in [6.07, 6.45) is 0. The quantitative estimate of drug-likeness (QED) is 0.755. The van der Waals surface area contributed by atoms with Crippen molar-refractivity contribution in [1.29, 1.82) is 0 Å². The molecule has 5 heteroatoms. The molecule has 0 aromatic carbocycles. The molecule has 0 spiro atoms. The summed E-state index contributed by atoms with van der Waals surface area (Å²) in [5.41, 5.74) is 0.710. The topological polar surface area (TPSA) is 35.0 Å². The average molecular weight is 235 g/mol. The number of hydrogen-bond acceptors (Lipinski definition) is 3. The summed E-state index contributed by atoms with van der Waals surface area (Å²) in [7, 11) is 1.63. The van der Waals surface area contributed by atoms with Gasteiger partial charge in [0.1, 0.15) is 16.1 Å². The monoisotopic (exact) mass is 234 g/mol. The number of aromatic nitrogens is 2. The number of nitrogens with zero attached hydrogens (tertiary/aromatic N) is 2. The summed E-state index contributed by atoms with van der Waals surface area (Å²) in [5.74, 6) is 0.711. The molecule has 1 rings (SSSR count). The lowest BCUT2D eigenvalue weighted by atomic mass is 10.2. The lowest BCUT2D eigenvalue weighted by molar-refractivity contribution is 0.181. The van der Waals surface area contributed by atoms with Crippen molar-refractivity contribution in [3.63, 3.8) is 0 Å². The Morgan fingerprint density at radius 1 is 1.29 bits per heavy atom. The number of ether oxygens (including phenoxy) is 1.